The smallest absolute Gasteiger partial charge is 0.209 e. The van der Waals surface area contributed by atoms with Crippen molar-refractivity contribution >= 4 is 17.0 Å². The number of rotatable bonds is 2. The molecule has 4 atom stereocenters. The molecule has 2 aromatic heterocycles. The molecule has 1 saturated heterocycles. The summed E-state index contributed by atoms with van der Waals surface area (Å²) in [6.45, 7) is -0.437. The number of hydrogen-bond acceptors (Lipinski definition) is 9. The molecule has 0 unspecified atom stereocenters. The number of fused-ring (bicyclic) bond motifs is 1. The van der Waals surface area contributed by atoms with E-state index in [4.69, 9.17) is 10.5 Å². The number of nitrogen functional groups attached to an aromatic ring is 1. The first-order chi connectivity index (χ1) is 12.4. The largest absolute Gasteiger partial charge is 0.394 e. The van der Waals surface area contributed by atoms with E-state index in [0.29, 0.717) is 18.4 Å². The van der Waals surface area contributed by atoms with Crippen LogP contribution in [0.3, 0.4) is 0 Å². The molecule has 1 aliphatic heterocycles. The molecule has 0 bridgehead atoms. The molecular formula is C16H19N5O5. The van der Waals surface area contributed by atoms with Gasteiger partial charge >= 0.3 is 0 Å². The third-order valence-corrected chi connectivity index (χ3v) is 4.83. The van der Waals surface area contributed by atoms with Gasteiger partial charge in [0.05, 0.1) is 12.9 Å². The first-order valence-electron chi connectivity index (χ1n) is 8.30. The molecule has 0 aromatic carbocycles. The molecule has 2 aliphatic rings. The minimum absolute atomic E-state index is 0.102. The van der Waals surface area contributed by atoms with E-state index in [0.717, 1.165) is 6.42 Å². The monoisotopic (exact) mass is 361 g/mol. The molecule has 26 heavy (non-hydrogen) atoms. The average molecular weight is 361 g/mol. The number of ether oxygens (including phenoxy) is 1. The summed E-state index contributed by atoms with van der Waals surface area (Å²) < 4.78 is 6.92. The number of aliphatic hydroxyl groups is 4. The van der Waals surface area contributed by atoms with E-state index in [2.05, 4.69) is 26.8 Å². The molecule has 2 aromatic rings. The van der Waals surface area contributed by atoms with Gasteiger partial charge in [-0.05, 0) is 25.2 Å². The molecule has 3 heterocycles. The minimum atomic E-state index is -1.27. The van der Waals surface area contributed by atoms with Gasteiger partial charge in [0.25, 0.3) is 0 Å². The first kappa shape index (κ1) is 17.1. The van der Waals surface area contributed by atoms with Crippen molar-refractivity contribution in [2.45, 2.75) is 49.4 Å². The predicted molar refractivity (Wildman–Crippen MR) is 88.4 cm³/mol. The normalized spacial score (nSPS) is 30.0. The second-order valence-corrected chi connectivity index (χ2v) is 6.62. The number of nitrogens with zero attached hydrogens (tertiary/aromatic N) is 4. The third-order valence-electron chi connectivity index (χ3n) is 4.83. The van der Waals surface area contributed by atoms with Crippen molar-refractivity contribution in [1.29, 1.82) is 0 Å². The Morgan fingerprint density at radius 2 is 2.08 bits per heavy atom. The van der Waals surface area contributed by atoms with Gasteiger partial charge in [0.2, 0.25) is 5.82 Å². The van der Waals surface area contributed by atoms with Crippen LogP contribution in [-0.4, -0.2) is 70.5 Å². The van der Waals surface area contributed by atoms with Gasteiger partial charge in [0.1, 0.15) is 29.4 Å². The fourth-order valence-electron chi connectivity index (χ4n) is 3.10. The summed E-state index contributed by atoms with van der Waals surface area (Å²) in [5.74, 6) is 5.71. The topological polar surface area (TPSA) is 160 Å². The fourth-order valence-corrected chi connectivity index (χ4v) is 3.10. The van der Waals surface area contributed by atoms with Crippen LogP contribution in [0.2, 0.25) is 0 Å². The van der Waals surface area contributed by atoms with Gasteiger partial charge in [-0.15, -0.1) is 0 Å². The molecule has 10 nitrogen and oxygen atoms in total. The summed E-state index contributed by atoms with van der Waals surface area (Å²) in [6.07, 6.45) is -0.912. The molecule has 0 spiro atoms. The summed E-state index contributed by atoms with van der Waals surface area (Å²) in [7, 11) is 0. The van der Waals surface area contributed by atoms with Crippen LogP contribution in [0.4, 0.5) is 5.82 Å². The molecule has 0 radical (unpaired) electrons. The van der Waals surface area contributed by atoms with Crippen LogP contribution < -0.4 is 5.73 Å². The Hall–Kier alpha value is -2.29. The lowest BCUT2D eigenvalue weighted by atomic mass is 9.81. The van der Waals surface area contributed by atoms with Crippen molar-refractivity contribution in [2.75, 3.05) is 12.3 Å². The quantitative estimate of drug-likeness (QED) is 0.392. The summed E-state index contributed by atoms with van der Waals surface area (Å²) in [4.78, 5) is 12.5. The molecule has 1 aliphatic carbocycles. The molecule has 6 N–H and O–H groups in total. The minimum Gasteiger partial charge on any atom is -0.394 e. The van der Waals surface area contributed by atoms with Crippen molar-refractivity contribution in [2.24, 2.45) is 0 Å². The maximum Gasteiger partial charge on any atom is 0.209 e. The fraction of sp³-hybridized carbons (Fsp3) is 0.562. The molecule has 0 amide bonds. The summed E-state index contributed by atoms with van der Waals surface area (Å²) in [6, 6.07) is 0. The van der Waals surface area contributed by atoms with Crippen LogP contribution in [0.15, 0.2) is 6.33 Å². The molecule has 2 fully saturated rings. The second-order valence-electron chi connectivity index (χ2n) is 6.62. The standard InChI is InChI=1S/C16H19N5O5/c17-13-10-14(20-9(19-13)2-5-16(25)3-1-4-16)21(7-18-10)15-12(24)11(23)8(6-22)26-15/h7-8,11-12,15,22-25H,1,3-4,6H2,(H2,17,19,20)/t8-,11-,12-,15-/m1/s1. The highest BCUT2D eigenvalue weighted by atomic mass is 16.6. The molecule has 1 saturated carbocycles. The van der Waals surface area contributed by atoms with E-state index in [1.807, 2.05) is 0 Å². The van der Waals surface area contributed by atoms with Gasteiger partial charge in [0, 0.05) is 0 Å². The van der Waals surface area contributed by atoms with Crippen LogP contribution in [0.5, 0.6) is 0 Å². The Bertz CT molecular complexity index is 900. The number of nitrogens with two attached hydrogens (primary N) is 1. The SMILES string of the molecule is Nc1nc(C#CC2(O)CCC2)nc2c1ncn2[C@@H]1O[C@H](CO)[C@@H](O)[C@H]1O. The van der Waals surface area contributed by atoms with Crippen LogP contribution in [0.25, 0.3) is 11.2 Å². The summed E-state index contributed by atoms with van der Waals surface area (Å²) in [5.41, 5.74) is 5.49. The van der Waals surface area contributed by atoms with Crippen LogP contribution in [-0.2, 0) is 4.74 Å². The zero-order valence-electron chi connectivity index (χ0n) is 13.8. The van der Waals surface area contributed by atoms with E-state index < -0.39 is 36.7 Å². The van der Waals surface area contributed by atoms with E-state index in [1.54, 1.807) is 0 Å². The van der Waals surface area contributed by atoms with Crippen molar-refractivity contribution in [3.63, 3.8) is 0 Å². The van der Waals surface area contributed by atoms with Gasteiger partial charge < -0.3 is 30.9 Å². The number of anilines is 1. The Kier molecular flexibility index (Phi) is 4.06. The van der Waals surface area contributed by atoms with Crippen molar-refractivity contribution in [3.05, 3.63) is 12.2 Å². The Balaban J connectivity index is 1.73. The lowest BCUT2D eigenvalue weighted by Crippen LogP contribution is -2.34. The lowest BCUT2D eigenvalue weighted by molar-refractivity contribution is -0.0511. The first-order valence-corrected chi connectivity index (χ1v) is 8.30. The van der Waals surface area contributed by atoms with Crippen molar-refractivity contribution < 1.29 is 25.2 Å². The second kappa shape index (κ2) is 6.15. The predicted octanol–water partition coefficient (Wildman–Crippen LogP) is -1.71. The highest BCUT2D eigenvalue weighted by Crippen LogP contribution is 2.32. The number of imidazole rings is 1. The Morgan fingerprint density at radius 1 is 1.31 bits per heavy atom. The van der Waals surface area contributed by atoms with Crippen LogP contribution >= 0.6 is 0 Å². The van der Waals surface area contributed by atoms with E-state index >= 15 is 0 Å². The van der Waals surface area contributed by atoms with Gasteiger partial charge in [0.15, 0.2) is 17.7 Å². The highest BCUT2D eigenvalue weighted by molar-refractivity contribution is 5.82. The Morgan fingerprint density at radius 3 is 2.69 bits per heavy atom. The number of aromatic nitrogens is 4. The van der Waals surface area contributed by atoms with Crippen LogP contribution in [0.1, 0.15) is 31.3 Å². The summed E-state index contributed by atoms with van der Waals surface area (Å²) in [5, 5.41) is 39.5. The van der Waals surface area contributed by atoms with Crippen molar-refractivity contribution in [1.82, 2.24) is 19.5 Å². The zero-order chi connectivity index (χ0) is 18.5. The van der Waals surface area contributed by atoms with Gasteiger partial charge in [-0.1, -0.05) is 5.92 Å². The van der Waals surface area contributed by atoms with Crippen LogP contribution in [0, 0.1) is 11.8 Å². The van der Waals surface area contributed by atoms with E-state index in [1.165, 1.54) is 10.9 Å². The molecule has 10 heteroatoms. The van der Waals surface area contributed by atoms with E-state index in [-0.39, 0.29) is 17.3 Å². The lowest BCUT2D eigenvalue weighted by Gasteiger charge is -2.30. The highest BCUT2D eigenvalue weighted by Gasteiger charge is 2.44. The Labute approximate surface area is 148 Å². The summed E-state index contributed by atoms with van der Waals surface area (Å²) >= 11 is 0. The molecule has 138 valence electrons. The van der Waals surface area contributed by atoms with Gasteiger partial charge in [-0.25, -0.2) is 15.0 Å². The molecular weight excluding hydrogens is 342 g/mol. The van der Waals surface area contributed by atoms with Crippen molar-refractivity contribution in [3.8, 4) is 11.8 Å². The maximum atomic E-state index is 10.2. The maximum absolute atomic E-state index is 10.2. The average Bonchev–Trinajstić information content (AvgIpc) is 3.13. The molecule has 4 rings (SSSR count). The zero-order valence-corrected chi connectivity index (χ0v) is 13.8. The van der Waals surface area contributed by atoms with Gasteiger partial charge in [-0.2, -0.15) is 0 Å². The third kappa shape index (κ3) is 2.70. The number of aliphatic hydroxyl groups excluding tert-OH is 3. The number of hydrogen-bond donors (Lipinski definition) is 5. The van der Waals surface area contributed by atoms with Gasteiger partial charge in [-0.3, -0.25) is 4.57 Å². The van der Waals surface area contributed by atoms with E-state index in [9.17, 15) is 20.4 Å².